The van der Waals surface area contributed by atoms with Crippen LogP contribution in [0.15, 0.2) is 30.3 Å². The van der Waals surface area contributed by atoms with Crippen molar-refractivity contribution in [2.75, 3.05) is 6.61 Å². The molecule has 24 heavy (non-hydrogen) atoms. The molecule has 0 heterocycles. The van der Waals surface area contributed by atoms with Crippen molar-refractivity contribution in [3.8, 4) is 0 Å². The minimum absolute atomic E-state index is 0.0904. The van der Waals surface area contributed by atoms with Crippen LogP contribution < -0.4 is 0 Å². The van der Waals surface area contributed by atoms with Gasteiger partial charge in [0.15, 0.2) is 8.46 Å². The van der Waals surface area contributed by atoms with Gasteiger partial charge in [-0.05, 0) is 31.7 Å². The Balaban J connectivity index is 3.16. The van der Waals surface area contributed by atoms with Crippen LogP contribution in [0.2, 0.25) is 0 Å². The molecule has 0 bridgehead atoms. The fourth-order valence-electron chi connectivity index (χ4n) is 2.69. The van der Waals surface area contributed by atoms with E-state index in [9.17, 15) is 22.3 Å². The number of ether oxygens (including phenoxy) is 1. The fourth-order valence-corrected chi connectivity index (χ4v) is 5.11. The molecule has 0 fully saturated rings. The third-order valence-electron chi connectivity index (χ3n) is 4.21. The molecule has 0 aliphatic rings. The zero-order valence-electron chi connectivity index (χ0n) is 14.0. The molecule has 0 aromatic heterocycles. The molecular formula is C16H23O6PS. The van der Waals surface area contributed by atoms with Crippen LogP contribution in [0, 0.1) is 5.92 Å². The lowest BCUT2D eigenvalue weighted by Gasteiger charge is -2.35. The Hall–Kier alpha value is -1.30. The van der Waals surface area contributed by atoms with Crippen molar-refractivity contribution in [1.82, 2.24) is 0 Å². The molecule has 0 saturated carbocycles. The zero-order valence-corrected chi connectivity index (χ0v) is 15.7. The summed E-state index contributed by atoms with van der Waals surface area (Å²) in [6.45, 7) is 5.21. The standard InChI is InChI=1S/C16H23O6PS/c1-4-22-14(17)11-10-12(2)16(3,23-18)15(24(19,20)21)13-8-6-5-7-9-13/h5-9,12,15H,4,10-11H2,1-3H3,(H,19,20,21). The minimum atomic E-state index is -4.50. The fraction of sp³-hybridized carbons (Fsp3) is 0.562. The number of rotatable bonds is 9. The van der Waals surface area contributed by atoms with Crippen LogP contribution in [0.4, 0.5) is 0 Å². The average Bonchev–Trinajstić information content (AvgIpc) is 2.52. The molecule has 1 rings (SSSR count). The third-order valence-corrected chi connectivity index (χ3v) is 6.84. The highest BCUT2D eigenvalue weighted by atomic mass is 32.2. The van der Waals surface area contributed by atoms with Crippen LogP contribution in [0.5, 0.6) is 0 Å². The van der Waals surface area contributed by atoms with Crippen molar-refractivity contribution in [2.45, 2.75) is 44.0 Å². The summed E-state index contributed by atoms with van der Waals surface area (Å²) >= 11 is 0. The Morgan fingerprint density at radius 2 is 1.92 bits per heavy atom. The van der Waals surface area contributed by atoms with Crippen molar-refractivity contribution in [3.05, 3.63) is 35.9 Å². The molecular weight excluding hydrogens is 351 g/mol. The topological polar surface area (TPSA) is 97.7 Å². The molecule has 0 aliphatic heterocycles. The van der Waals surface area contributed by atoms with Gasteiger partial charge in [-0.15, -0.1) is 0 Å². The van der Waals surface area contributed by atoms with E-state index >= 15 is 0 Å². The highest BCUT2D eigenvalue weighted by Crippen LogP contribution is 2.48. The molecule has 0 saturated heterocycles. The monoisotopic (exact) mass is 374 g/mol. The average molecular weight is 374 g/mol. The first-order chi connectivity index (χ1) is 11.2. The Labute approximate surface area is 144 Å². The van der Waals surface area contributed by atoms with E-state index in [2.05, 4.69) is 0 Å². The molecule has 0 aliphatic carbocycles. The van der Waals surface area contributed by atoms with Crippen LogP contribution in [0.3, 0.4) is 0 Å². The lowest BCUT2D eigenvalue weighted by molar-refractivity contribution is -0.143. The Morgan fingerprint density at radius 3 is 2.38 bits per heavy atom. The third kappa shape index (κ3) is 5.10. The molecule has 1 aromatic rings. The molecule has 3 unspecified atom stereocenters. The van der Waals surface area contributed by atoms with E-state index in [1.807, 2.05) is 0 Å². The second-order valence-electron chi connectivity index (χ2n) is 5.87. The lowest BCUT2D eigenvalue weighted by atomic mass is 9.85. The first kappa shape index (κ1) is 20.7. The summed E-state index contributed by atoms with van der Waals surface area (Å²) in [6, 6.07) is 8.17. The molecule has 6 nitrogen and oxygen atoms in total. The van der Waals surface area contributed by atoms with Gasteiger partial charge in [0.05, 0.1) is 11.8 Å². The molecule has 8 heteroatoms. The van der Waals surface area contributed by atoms with E-state index in [4.69, 9.17) is 4.74 Å². The maximum absolute atomic E-state index is 12.0. The summed E-state index contributed by atoms with van der Waals surface area (Å²) in [7, 11) is -4.93. The maximum Gasteiger partial charge on any atom is 0.305 e. The summed E-state index contributed by atoms with van der Waals surface area (Å²) in [4.78, 5) is 11.5. The van der Waals surface area contributed by atoms with Gasteiger partial charge in [-0.1, -0.05) is 37.3 Å². The summed E-state index contributed by atoms with van der Waals surface area (Å²) < 4.78 is 50.5. The van der Waals surface area contributed by atoms with Gasteiger partial charge in [0.1, 0.15) is 5.25 Å². The summed E-state index contributed by atoms with van der Waals surface area (Å²) in [5.41, 5.74) is 0.355. The van der Waals surface area contributed by atoms with Crippen molar-refractivity contribution in [1.29, 1.82) is 0 Å². The van der Waals surface area contributed by atoms with Crippen molar-refractivity contribution in [2.24, 2.45) is 5.92 Å². The van der Waals surface area contributed by atoms with E-state index in [0.717, 1.165) is 0 Å². The minimum Gasteiger partial charge on any atom is -0.466 e. The summed E-state index contributed by atoms with van der Waals surface area (Å²) in [6.07, 6.45) is 0.385. The number of hydrogen-bond donors (Lipinski definition) is 1. The molecule has 0 radical (unpaired) electrons. The highest BCUT2D eigenvalue weighted by molar-refractivity contribution is 7.86. The van der Waals surface area contributed by atoms with Gasteiger partial charge in [0, 0.05) is 6.42 Å². The van der Waals surface area contributed by atoms with E-state index in [-0.39, 0.29) is 13.0 Å². The Morgan fingerprint density at radius 1 is 1.33 bits per heavy atom. The van der Waals surface area contributed by atoms with Gasteiger partial charge < -0.3 is 4.74 Å². The van der Waals surface area contributed by atoms with E-state index < -0.39 is 40.9 Å². The van der Waals surface area contributed by atoms with Crippen LogP contribution in [-0.2, 0) is 24.2 Å². The zero-order chi connectivity index (χ0) is 18.4. The van der Waals surface area contributed by atoms with Crippen molar-refractivity contribution >= 4 is 24.5 Å². The van der Waals surface area contributed by atoms with Gasteiger partial charge in [-0.25, -0.2) is 0 Å². The first-order valence-electron chi connectivity index (χ1n) is 7.68. The van der Waals surface area contributed by atoms with Gasteiger partial charge in [0.25, 0.3) is 10.1 Å². The number of esters is 1. The van der Waals surface area contributed by atoms with Gasteiger partial charge in [0.2, 0.25) is 0 Å². The summed E-state index contributed by atoms with van der Waals surface area (Å²) in [5.74, 6) is -0.814. The predicted molar refractivity (Wildman–Crippen MR) is 91.8 cm³/mol. The molecule has 134 valence electrons. The van der Waals surface area contributed by atoms with Crippen LogP contribution >= 0.6 is 8.46 Å². The van der Waals surface area contributed by atoms with Crippen LogP contribution in [0.25, 0.3) is 0 Å². The molecule has 1 aromatic carbocycles. The number of carbonyl (C=O) groups is 1. The summed E-state index contributed by atoms with van der Waals surface area (Å²) in [5, 5.41) is -2.65. The number of hydrogen-bond acceptors (Lipinski definition) is 5. The van der Waals surface area contributed by atoms with Crippen molar-refractivity contribution in [3.63, 3.8) is 0 Å². The van der Waals surface area contributed by atoms with Gasteiger partial charge >= 0.3 is 5.97 Å². The van der Waals surface area contributed by atoms with Crippen LogP contribution in [0.1, 0.15) is 44.4 Å². The Kier molecular flexibility index (Phi) is 7.52. The van der Waals surface area contributed by atoms with Gasteiger partial charge in [-0.2, -0.15) is 8.42 Å². The van der Waals surface area contributed by atoms with Gasteiger partial charge in [-0.3, -0.25) is 13.9 Å². The SMILES string of the molecule is CCOC(=O)CCC(C)C(C)(P=O)C(c1ccccc1)S(=O)(=O)O. The first-order valence-corrected chi connectivity index (χ1v) is 9.99. The maximum atomic E-state index is 12.0. The van der Waals surface area contributed by atoms with E-state index in [0.29, 0.717) is 12.0 Å². The molecule has 0 amide bonds. The smallest absolute Gasteiger partial charge is 0.305 e. The number of carbonyl (C=O) groups excluding carboxylic acids is 1. The van der Waals surface area contributed by atoms with E-state index in [1.165, 1.54) is 6.92 Å². The normalized spacial score (nSPS) is 17.0. The predicted octanol–water partition coefficient (Wildman–Crippen LogP) is 3.65. The molecule has 1 N–H and O–H groups in total. The molecule has 0 spiro atoms. The van der Waals surface area contributed by atoms with Crippen LogP contribution in [-0.4, -0.2) is 30.7 Å². The quantitative estimate of drug-likeness (QED) is 0.402. The molecule has 3 atom stereocenters. The van der Waals surface area contributed by atoms with E-state index in [1.54, 1.807) is 44.2 Å². The lowest BCUT2D eigenvalue weighted by Crippen LogP contribution is -2.38. The van der Waals surface area contributed by atoms with Crippen molar-refractivity contribution < 1.29 is 27.1 Å². The second kappa shape index (κ2) is 8.70. The Bertz CT molecular complexity index is 660. The largest absolute Gasteiger partial charge is 0.466 e. The number of benzene rings is 1. The highest BCUT2D eigenvalue weighted by Gasteiger charge is 2.48. The second-order valence-corrected chi connectivity index (χ2v) is 8.52.